The van der Waals surface area contributed by atoms with Crippen LogP contribution in [0.15, 0.2) is 18.2 Å². The molecular formula is C13H17N3O2S. The first-order valence-corrected chi connectivity index (χ1v) is 7.34. The molecule has 0 heterocycles. The predicted octanol–water partition coefficient (Wildman–Crippen LogP) is 3.04. The number of benzene rings is 1. The molecule has 0 radical (unpaired) electrons. The lowest BCUT2D eigenvalue weighted by molar-refractivity contribution is -0.385. The van der Waals surface area contributed by atoms with E-state index in [9.17, 15) is 10.1 Å². The first-order chi connectivity index (χ1) is 9.04. The third-order valence-corrected chi connectivity index (χ3v) is 3.80. The standard InChI is InChI=1S/C13H17N3O2S/c1-4-11(9-19-3)15(2)12-5-6-13(16(17)18)10(7-12)8-14/h5-7,11H,4,9H2,1-3H3. The van der Waals surface area contributed by atoms with Crippen molar-refractivity contribution in [2.45, 2.75) is 19.4 Å². The Labute approximate surface area is 117 Å². The average Bonchev–Trinajstić information content (AvgIpc) is 2.43. The minimum atomic E-state index is -0.526. The Morgan fingerprint density at radius 2 is 2.26 bits per heavy atom. The number of rotatable bonds is 6. The number of anilines is 1. The Balaban J connectivity index is 3.08. The molecule has 0 aliphatic carbocycles. The van der Waals surface area contributed by atoms with E-state index in [1.54, 1.807) is 23.9 Å². The number of nitro benzene ring substituents is 1. The molecule has 0 bridgehead atoms. The van der Waals surface area contributed by atoms with Gasteiger partial charge >= 0.3 is 0 Å². The third-order valence-electron chi connectivity index (χ3n) is 3.08. The molecule has 1 rings (SSSR count). The maximum Gasteiger partial charge on any atom is 0.287 e. The summed E-state index contributed by atoms with van der Waals surface area (Å²) in [5.41, 5.74) is 0.800. The summed E-state index contributed by atoms with van der Waals surface area (Å²) in [7, 11) is 1.95. The van der Waals surface area contributed by atoms with Crippen LogP contribution in [0.25, 0.3) is 0 Å². The summed E-state index contributed by atoms with van der Waals surface area (Å²) in [6.45, 7) is 2.11. The summed E-state index contributed by atoms with van der Waals surface area (Å²) in [6.07, 6.45) is 3.03. The van der Waals surface area contributed by atoms with Crippen LogP contribution in [0.2, 0.25) is 0 Å². The smallest absolute Gasteiger partial charge is 0.287 e. The largest absolute Gasteiger partial charge is 0.371 e. The van der Waals surface area contributed by atoms with Gasteiger partial charge < -0.3 is 4.90 Å². The number of hydrogen-bond acceptors (Lipinski definition) is 5. The highest BCUT2D eigenvalue weighted by atomic mass is 32.2. The Hall–Kier alpha value is -1.74. The highest BCUT2D eigenvalue weighted by Gasteiger charge is 2.18. The van der Waals surface area contributed by atoms with Gasteiger partial charge in [-0.15, -0.1) is 0 Å². The van der Waals surface area contributed by atoms with Crippen LogP contribution in [0, 0.1) is 21.4 Å². The van der Waals surface area contributed by atoms with Gasteiger partial charge in [0.15, 0.2) is 0 Å². The molecule has 1 atom stereocenters. The fourth-order valence-corrected chi connectivity index (χ4v) is 2.74. The Morgan fingerprint density at radius 1 is 1.58 bits per heavy atom. The van der Waals surface area contributed by atoms with Gasteiger partial charge in [0.05, 0.1) is 4.92 Å². The average molecular weight is 279 g/mol. The lowest BCUT2D eigenvalue weighted by Crippen LogP contribution is -2.33. The monoisotopic (exact) mass is 279 g/mol. The van der Waals surface area contributed by atoms with Gasteiger partial charge in [0.1, 0.15) is 11.6 Å². The van der Waals surface area contributed by atoms with Crippen molar-refractivity contribution in [2.75, 3.05) is 24.0 Å². The number of hydrogen-bond donors (Lipinski definition) is 0. The zero-order valence-electron chi connectivity index (χ0n) is 11.3. The van der Waals surface area contributed by atoms with E-state index < -0.39 is 4.92 Å². The summed E-state index contributed by atoms with van der Waals surface area (Å²) < 4.78 is 0. The van der Waals surface area contributed by atoms with E-state index in [0.717, 1.165) is 17.9 Å². The third kappa shape index (κ3) is 3.61. The Morgan fingerprint density at radius 3 is 2.74 bits per heavy atom. The number of thioether (sulfide) groups is 1. The number of nitrogens with zero attached hydrogens (tertiary/aromatic N) is 3. The molecular weight excluding hydrogens is 262 g/mol. The van der Waals surface area contributed by atoms with E-state index >= 15 is 0 Å². The van der Waals surface area contributed by atoms with E-state index in [1.807, 2.05) is 19.4 Å². The number of nitro groups is 1. The summed E-state index contributed by atoms with van der Waals surface area (Å²) in [6, 6.07) is 6.92. The molecule has 1 aromatic carbocycles. The second-order valence-electron chi connectivity index (χ2n) is 4.20. The van der Waals surface area contributed by atoms with Crippen molar-refractivity contribution in [1.29, 1.82) is 5.26 Å². The highest BCUT2D eigenvalue weighted by Crippen LogP contribution is 2.26. The summed E-state index contributed by atoms with van der Waals surface area (Å²) in [5.74, 6) is 0.978. The van der Waals surface area contributed by atoms with Crippen LogP contribution in [-0.2, 0) is 0 Å². The molecule has 1 unspecified atom stereocenters. The van der Waals surface area contributed by atoms with Crippen LogP contribution < -0.4 is 4.90 Å². The van der Waals surface area contributed by atoms with Crippen LogP contribution >= 0.6 is 11.8 Å². The SMILES string of the molecule is CCC(CSC)N(C)c1ccc([N+](=O)[O-])c(C#N)c1. The number of nitriles is 1. The summed E-state index contributed by atoms with van der Waals surface area (Å²) in [5, 5.41) is 19.8. The van der Waals surface area contributed by atoms with Gasteiger partial charge in [0.2, 0.25) is 0 Å². The van der Waals surface area contributed by atoms with Gasteiger partial charge in [-0.25, -0.2) is 0 Å². The van der Waals surface area contributed by atoms with Crippen LogP contribution in [0.3, 0.4) is 0 Å². The van der Waals surface area contributed by atoms with Crippen LogP contribution in [0.5, 0.6) is 0 Å². The second kappa shape index (κ2) is 7.00. The lowest BCUT2D eigenvalue weighted by atomic mass is 10.1. The molecule has 5 nitrogen and oxygen atoms in total. The molecule has 19 heavy (non-hydrogen) atoms. The fourth-order valence-electron chi connectivity index (χ4n) is 1.90. The van der Waals surface area contributed by atoms with Crippen molar-refractivity contribution >= 4 is 23.1 Å². The van der Waals surface area contributed by atoms with E-state index in [0.29, 0.717) is 6.04 Å². The maximum atomic E-state index is 10.8. The molecule has 0 saturated heterocycles. The van der Waals surface area contributed by atoms with Crippen molar-refractivity contribution in [3.05, 3.63) is 33.9 Å². The Bertz CT molecular complexity index is 499. The van der Waals surface area contributed by atoms with Crippen LogP contribution in [-0.4, -0.2) is 30.0 Å². The van der Waals surface area contributed by atoms with Gasteiger partial charge in [-0.05, 0) is 24.8 Å². The van der Waals surface area contributed by atoms with Crippen molar-refractivity contribution in [1.82, 2.24) is 0 Å². The molecule has 0 aromatic heterocycles. The van der Waals surface area contributed by atoms with Crippen molar-refractivity contribution < 1.29 is 4.92 Å². The molecule has 0 aliphatic rings. The summed E-state index contributed by atoms with van der Waals surface area (Å²) >= 11 is 1.76. The second-order valence-corrected chi connectivity index (χ2v) is 5.11. The van der Waals surface area contributed by atoms with E-state index in [2.05, 4.69) is 11.8 Å². The molecule has 0 aliphatic heterocycles. The van der Waals surface area contributed by atoms with Crippen LogP contribution in [0.1, 0.15) is 18.9 Å². The molecule has 0 saturated carbocycles. The molecule has 0 N–H and O–H groups in total. The van der Waals surface area contributed by atoms with Gasteiger partial charge in [0, 0.05) is 30.6 Å². The zero-order valence-corrected chi connectivity index (χ0v) is 12.1. The van der Waals surface area contributed by atoms with Crippen molar-refractivity contribution in [3.63, 3.8) is 0 Å². The molecule has 6 heteroatoms. The van der Waals surface area contributed by atoms with E-state index in [1.165, 1.54) is 6.07 Å². The first-order valence-electron chi connectivity index (χ1n) is 5.95. The predicted molar refractivity (Wildman–Crippen MR) is 78.7 cm³/mol. The fraction of sp³-hybridized carbons (Fsp3) is 0.462. The van der Waals surface area contributed by atoms with E-state index in [-0.39, 0.29) is 11.3 Å². The molecule has 0 amide bonds. The minimum absolute atomic E-state index is 0.105. The van der Waals surface area contributed by atoms with E-state index in [4.69, 9.17) is 5.26 Å². The molecule has 0 fully saturated rings. The first kappa shape index (κ1) is 15.3. The normalized spacial score (nSPS) is 11.7. The topological polar surface area (TPSA) is 70.2 Å². The minimum Gasteiger partial charge on any atom is -0.371 e. The van der Waals surface area contributed by atoms with Gasteiger partial charge in [-0.1, -0.05) is 6.92 Å². The Kier molecular flexibility index (Phi) is 5.64. The zero-order chi connectivity index (χ0) is 14.4. The van der Waals surface area contributed by atoms with Gasteiger partial charge in [0.25, 0.3) is 5.69 Å². The molecule has 0 spiro atoms. The lowest BCUT2D eigenvalue weighted by Gasteiger charge is -2.28. The van der Waals surface area contributed by atoms with Crippen molar-refractivity contribution in [3.8, 4) is 6.07 Å². The maximum absolute atomic E-state index is 10.8. The summed E-state index contributed by atoms with van der Waals surface area (Å²) in [4.78, 5) is 12.3. The van der Waals surface area contributed by atoms with Crippen molar-refractivity contribution in [2.24, 2.45) is 0 Å². The van der Waals surface area contributed by atoms with Crippen LogP contribution in [0.4, 0.5) is 11.4 Å². The quantitative estimate of drug-likeness (QED) is 0.591. The highest BCUT2D eigenvalue weighted by molar-refractivity contribution is 7.98. The van der Waals surface area contributed by atoms with Gasteiger partial charge in [-0.3, -0.25) is 10.1 Å². The molecule has 102 valence electrons. The molecule has 1 aromatic rings. The van der Waals surface area contributed by atoms with Gasteiger partial charge in [-0.2, -0.15) is 17.0 Å².